The van der Waals surface area contributed by atoms with Crippen LogP contribution >= 0.6 is 0 Å². The van der Waals surface area contributed by atoms with Crippen molar-refractivity contribution in [1.82, 2.24) is 0 Å². The highest BCUT2D eigenvalue weighted by molar-refractivity contribution is 7.91. The number of sulfone groups is 1. The minimum absolute atomic E-state index is 0.00251. The molecule has 1 amide bonds. The third-order valence-corrected chi connectivity index (χ3v) is 4.07. The zero-order valence-corrected chi connectivity index (χ0v) is 11.5. The summed E-state index contributed by atoms with van der Waals surface area (Å²) in [6.45, 7) is 5.17. The van der Waals surface area contributed by atoms with Gasteiger partial charge < -0.3 is 5.32 Å². The molecule has 4 nitrogen and oxygen atoms in total. The second-order valence-corrected chi connectivity index (χ2v) is 6.36. The predicted octanol–water partition coefficient (Wildman–Crippen LogP) is 2.38. The van der Waals surface area contributed by atoms with Gasteiger partial charge in [0.2, 0.25) is 5.91 Å². The van der Waals surface area contributed by atoms with Crippen molar-refractivity contribution in [2.75, 3.05) is 11.1 Å². The molecule has 0 aliphatic heterocycles. The van der Waals surface area contributed by atoms with Crippen molar-refractivity contribution in [1.29, 1.82) is 0 Å². The molecule has 0 fully saturated rings. The van der Waals surface area contributed by atoms with Crippen LogP contribution in [0.1, 0.15) is 20.8 Å². The number of benzene rings is 1. The van der Waals surface area contributed by atoms with Gasteiger partial charge in [-0.1, -0.05) is 24.6 Å². The zero-order chi connectivity index (χ0) is 13.8. The van der Waals surface area contributed by atoms with Gasteiger partial charge in [0.15, 0.2) is 9.84 Å². The van der Waals surface area contributed by atoms with Crippen molar-refractivity contribution in [3.05, 3.63) is 35.9 Å². The van der Waals surface area contributed by atoms with E-state index in [1.807, 2.05) is 0 Å². The normalized spacial score (nSPS) is 10.8. The van der Waals surface area contributed by atoms with Crippen molar-refractivity contribution in [2.45, 2.75) is 25.7 Å². The molecule has 0 bridgehead atoms. The first-order valence-electron chi connectivity index (χ1n) is 5.64. The lowest BCUT2D eigenvalue weighted by Gasteiger charge is -2.09. The Balaban J connectivity index is 3.12. The van der Waals surface area contributed by atoms with Crippen LogP contribution in [0.2, 0.25) is 0 Å². The molecular formula is C13H17NO3S. The van der Waals surface area contributed by atoms with Crippen LogP contribution in [0.15, 0.2) is 40.8 Å². The summed E-state index contributed by atoms with van der Waals surface area (Å²) in [7, 11) is -3.34. The summed E-state index contributed by atoms with van der Waals surface area (Å²) in [4.78, 5) is 11.8. The molecule has 0 aromatic heterocycles. The van der Waals surface area contributed by atoms with Gasteiger partial charge in [0.1, 0.15) is 0 Å². The third kappa shape index (κ3) is 3.70. The van der Waals surface area contributed by atoms with E-state index in [4.69, 9.17) is 0 Å². The Hall–Kier alpha value is -1.62. The monoisotopic (exact) mass is 267 g/mol. The van der Waals surface area contributed by atoms with Crippen LogP contribution in [0.5, 0.6) is 0 Å². The van der Waals surface area contributed by atoms with E-state index in [0.717, 1.165) is 5.57 Å². The molecule has 0 spiro atoms. The van der Waals surface area contributed by atoms with E-state index in [1.165, 1.54) is 12.1 Å². The summed E-state index contributed by atoms with van der Waals surface area (Å²) in [5, 5.41) is 2.59. The maximum atomic E-state index is 11.9. The Kier molecular flexibility index (Phi) is 4.67. The molecule has 0 aliphatic carbocycles. The number of carbonyl (C=O) groups excluding carboxylic acids is 1. The molecule has 1 N–H and O–H groups in total. The van der Waals surface area contributed by atoms with Gasteiger partial charge in [-0.2, -0.15) is 0 Å². The number of carbonyl (C=O) groups is 1. The Labute approximate surface area is 108 Å². The largest absolute Gasteiger partial charge is 0.321 e. The molecule has 18 heavy (non-hydrogen) atoms. The Morgan fingerprint density at radius 3 is 2.44 bits per heavy atom. The number of hydrogen-bond donors (Lipinski definition) is 1. The summed E-state index contributed by atoms with van der Waals surface area (Å²) >= 11 is 0. The van der Waals surface area contributed by atoms with Crippen LogP contribution in [0.4, 0.5) is 5.69 Å². The Morgan fingerprint density at radius 1 is 1.28 bits per heavy atom. The number of rotatable bonds is 4. The van der Waals surface area contributed by atoms with Crippen LogP contribution in [0.25, 0.3) is 0 Å². The van der Waals surface area contributed by atoms with Crippen LogP contribution < -0.4 is 5.32 Å². The molecule has 0 radical (unpaired) electrons. The number of hydrogen-bond acceptors (Lipinski definition) is 3. The van der Waals surface area contributed by atoms with Gasteiger partial charge in [-0.25, -0.2) is 8.42 Å². The van der Waals surface area contributed by atoms with Crippen molar-refractivity contribution >= 4 is 21.4 Å². The van der Waals surface area contributed by atoms with E-state index >= 15 is 0 Å². The number of para-hydroxylation sites is 1. The molecule has 0 aliphatic rings. The summed E-state index contributed by atoms with van der Waals surface area (Å²) in [6.07, 6.45) is 1.43. The van der Waals surface area contributed by atoms with Crippen molar-refractivity contribution in [3.63, 3.8) is 0 Å². The maximum Gasteiger partial charge on any atom is 0.248 e. The molecule has 0 saturated carbocycles. The lowest BCUT2D eigenvalue weighted by atomic mass is 10.3. The molecule has 1 aromatic rings. The predicted molar refractivity (Wildman–Crippen MR) is 72.2 cm³/mol. The minimum Gasteiger partial charge on any atom is -0.321 e. The fourth-order valence-electron chi connectivity index (χ4n) is 1.43. The Bertz CT molecular complexity index is 570. The van der Waals surface area contributed by atoms with Gasteiger partial charge in [0, 0.05) is 6.08 Å². The first kappa shape index (κ1) is 14.4. The first-order valence-corrected chi connectivity index (χ1v) is 7.29. The van der Waals surface area contributed by atoms with E-state index in [0.29, 0.717) is 5.69 Å². The quantitative estimate of drug-likeness (QED) is 0.852. The van der Waals surface area contributed by atoms with E-state index in [2.05, 4.69) is 5.32 Å². The number of amides is 1. The maximum absolute atomic E-state index is 11.9. The molecule has 0 heterocycles. The summed E-state index contributed by atoms with van der Waals surface area (Å²) in [6, 6.07) is 6.40. The topological polar surface area (TPSA) is 63.2 Å². The molecule has 1 aromatic carbocycles. The fourth-order valence-corrected chi connectivity index (χ4v) is 2.48. The molecule has 98 valence electrons. The van der Waals surface area contributed by atoms with Gasteiger partial charge in [0.25, 0.3) is 0 Å². The Morgan fingerprint density at radius 2 is 1.89 bits per heavy atom. The van der Waals surface area contributed by atoms with Gasteiger partial charge in [-0.3, -0.25) is 4.79 Å². The van der Waals surface area contributed by atoms with E-state index in [9.17, 15) is 13.2 Å². The van der Waals surface area contributed by atoms with Crippen LogP contribution in [0, 0.1) is 0 Å². The van der Waals surface area contributed by atoms with Gasteiger partial charge in [-0.05, 0) is 26.0 Å². The average molecular weight is 267 g/mol. The molecule has 0 saturated heterocycles. The van der Waals surface area contributed by atoms with Gasteiger partial charge in [0.05, 0.1) is 16.3 Å². The summed E-state index contributed by atoms with van der Waals surface area (Å²) in [5.74, 6) is -0.323. The number of nitrogens with one attached hydrogen (secondary N) is 1. The minimum atomic E-state index is -3.34. The molecule has 0 unspecified atom stereocenters. The van der Waals surface area contributed by atoms with Crippen LogP contribution in [-0.2, 0) is 14.6 Å². The third-order valence-electron chi connectivity index (χ3n) is 2.28. The second-order valence-electron chi connectivity index (χ2n) is 4.11. The standard InChI is InChI=1S/C13H17NO3S/c1-4-18(16,17)12-8-6-5-7-11(12)14-13(15)9-10(2)3/h5-9H,4H2,1-3H3,(H,14,15). The van der Waals surface area contributed by atoms with Crippen LogP contribution in [0.3, 0.4) is 0 Å². The van der Waals surface area contributed by atoms with Crippen molar-refractivity contribution in [3.8, 4) is 0 Å². The number of anilines is 1. The van der Waals surface area contributed by atoms with E-state index in [1.54, 1.807) is 39.0 Å². The summed E-state index contributed by atoms with van der Waals surface area (Å²) < 4.78 is 23.7. The lowest BCUT2D eigenvalue weighted by Crippen LogP contribution is -2.13. The highest BCUT2D eigenvalue weighted by Crippen LogP contribution is 2.21. The highest BCUT2D eigenvalue weighted by atomic mass is 32.2. The van der Waals surface area contributed by atoms with Gasteiger partial charge in [-0.15, -0.1) is 0 Å². The molecule has 0 atom stereocenters. The lowest BCUT2D eigenvalue weighted by molar-refractivity contribution is -0.112. The van der Waals surface area contributed by atoms with Crippen molar-refractivity contribution < 1.29 is 13.2 Å². The van der Waals surface area contributed by atoms with Gasteiger partial charge >= 0.3 is 0 Å². The average Bonchev–Trinajstić information content (AvgIpc) is 2.28. The molecule has 5 heteroatoms. The highest BCUT2D eigenvalue weighted by Gasteiger charge is 2.16. The molecule has 1 rings (SSSR count). The van der Waals surface area contributed by atoms with Crippen LogP contribution in [-0.4, -0.2) is 20.1 Å². The second kappa shape index (κ2) is 5.82. The summed E-state index contributed by atoms with van der Waals surface area (Å²) in [5.41, 5.74) is 1.17. The number of allylic oxidation sites excluding steroid dienone is 1. The molecular weight excluding hydrogens is 250 g/mol. The fraction of sp³-hybridized carbons (Fsp3) is 0.308. The van der Waals surface area contributed by atoms with E-state index in [-0.39, 0.29) is 16.6 Å². The smallest absolute Gasteiger partial charge is 0.248 e. The van der Waals surface area contributed by atoms with Crippen molar-refractivity contribution in [2.24, 2.45) is 0 Å². The first-order chi connectivity index (χ1) is 8.36. The van der Waals surface area contributed by atoms with E-state index < -0.39 is 9.84 Å². The SMILES string of the molecule is CCS(=O)(=O)c1ccccc1NC(=O)C=C(C)C. The zero-order valence-electron chi connectivity index (χ0n) is 10.7.